The van der Waals surface area contributed by atoms with Crippen molar-refractivity contribution in [1.29, 1.82) is 0 Å². The van der Waals surface area contributed by atoms with Gasteiger partial charge in [-0.05, 0) is 49.8 Å². The number of benzene rings is 1. The molecule has 4 heteroatoms. The molecule has 0 aromatic heterocycles. The largest absolute Gasteiger partial charge is 0.493 e. The quantitative estimate of drug-likeness (QED) is 0.876. The molecule has 21 heavy (non-hydrogen) atoms. The van der Waals surface area contributed by atoms with Crippen LogP contribution in [-0.2, 0) is 10.2 Å². The van der Waals surface area contributed by atoms with E-state index in [1.54, 1.807) is 12.1 Å². The van der Waals surface area contributed by atoms with E-state index in [0.29, 0.717) is 36.1 Å². The standard InChI is InChI=1S/C17H21ClO3/c18-13-6-7-15(21-11-12-4-3-5-12)14(10-13)17(16(19)20)8-1-2-9-17/h6-7,10,12H,1-5,8-9,11H2,(H,19,20). The van der Waals surface area contributed by atoms with Crippen LogP contribution in [-0.4, -0.2) is 17.7 Å². The summed E-state index contributed by atoms with van der Waals surface area (Å²) in [6.45, 7) is 0.685. The SMILES string of the molecule is O=C(O)C1(c2cc(Cl)ccc2OCC2CCC2)CCCC1. The van der Waals surface area contributed by atoms with Crippen molar-refractivity contribution in [1.82, 2.24) is 0 Å². The molecule has 2 saturated carbocycles. The number of carboxylic acid groups (broad SMARTS) is 1. The van der Waals surface area contributed by atoms with Crippen LogP contribution in [0.2, 0.25) is 5.02 Å². The van der Waals surface area contributed by atoms with E-state index in [0.717, 1.165) is 18.4 Å². The molecule has 0 unspecified atom stereocenters. The third-order valence-corrected chi connectivity index (χ3v) is 5.26. The van der Waals surface area contributed by atoms with Gasteiger partial charge in [-0.15, -0.1) is 0 Å². The van der Waals surface area contributed by atoms with Gasteiger partial charge in [0.2, 0.25) is 0 Å². The topological polar surface area (TPSA) is 46.5 Å². The van der Waals surface area contributed by atoms with Gasteiger partial charge in [-0.3, -0.25) is 4.79 Å². The molecule has 3 rings (SSSR count). The van der Waals surface area contributed by atoms with Gasteiger partial charge < -0.3 is 9.84 Å². The summed E-state index contributed by atoms with van der Waals surface area (Å²) in [6.07, 6.45) is 6.94. The van der Waals surface area contributed by atoms with Gasteiger partial charge in [-0.1, -0.05) is 30.9 Å². The van der Waals surface area contributed by atoms with Gasteiger partial charge in [0.1, 0.15) is 5.75 Å². The molecule has 3 nitrogen and oxygen atoms in total. The molecule has 114 valence electrons. The Morgan fingerprint density at radius 2 is 2.00 bits per heavy atom. The summed E-state index contributed by atoms with van der Waals surface area (Å²) in [5, 5.41) is 10.3. The van der Waals surface area contributed by atoms with Crippen molar-refractivity contribution in [3.8, 4) is 5.75 Å². The van der Waals surface area contributed by atoms with Crippen LogP contribution in [0.5, 0.6) is 5.75 Å². The Morgan fingerprint density at radius 1 is 1.29 bits per heavy atom. The Balaban J connectivity index is 1.90. The molecule has 0 bridgehead atoms. The van der Waals surface area contributed by atoms with Gasteiger partial charge in [0.25, 0.3) is 0 Å². The van der Waals surface area contributed by atoms with E-state index in [2.05, 4.69) is 0 Å². The van der Waals surface area contributed by atoms with Gasteiger partial charge >= 0.3 is 5.97 Å². The molecule has 1 aromatic rings. The van der Waals surface area contributed by atoms with Crippen LogP contribution in [0.4, 0.5) is 0 Å². The predicted molar refractivity (Wildman–Crippen MR) is 82.1 cm³/mol. The average molecular weight is 309 g/mol. The lowest BCUT2D eigenvalue weighted by Crippen LogP contribution is -2.33. The number of carboxylic acids is 1. The summed E-state index contributed by atoms with van der Waals surface area (Å²) in [7, 11) is 0. The van der Waals surface area contributed by atoms with Crippen LogP contribution >= 0.6 is 11.6 Å². The zero-order valence-corrected chi connectivity index (χ0v) is 12.9. The van der Waals surface area contributed by atoms with Crippen molar-refractivity contribution >= 4 is 17.6 Å². The molecule has 0 heterocycles. The Morgan fingerprint density at radius 3 is 2.57 bits per heavy atom. The Bertz CT molecular complexity index is 531. The van der Waals surface area contributed by atoms with Crippen LogP contribution in [0.3, 0.4) is 0 Å². The number of hydrogen-bond acceptors (Lipinski definition) is 2. The highest BCUT2D eigenvalue weighted by molar-refractivity contribution is 6.30. The first-order valence-electron chi connectivity index (χ1n) is 7.78. The maximum absolute atomic E-state index is 11.9. The van der Waals surface area contributed by atoms with Crippen LogP contribution < -0.4 is 4.74 Å². The molecule has 0 radical (unpaired) electrons. The van der Waals surface area contributed by atoms with Crippen molar-refractivity contribution in [3.05, 3.63) is 28.8 Å². The number of ether oxygens (including phenoxy) is 1. The third-order valence-electron chi connectivity index (χ3n) is 5.02. The fourth-order valence-electron chi connectivity index (χ4n) is 3.45. The maximum atomic E-state index is 11.9. The fraction of sp³-hybridized carbons (Fsp3) is 0.588. The average Bonchev–Trinajstić information content (AvgIpc) is 2.89. The number of hydrogen-bond donors (Lipinski definition) is 1. The summed E-state index contributed by atoms with van der Waals surface area (Å²) in [4.78, 5) is 11.9. The smallest absolute Gasteiger partial charge is 0.314 e. The first-order chi connectivity index (χ1) is 10.1. The zero-order valence-electron chi connectivity index (χ0n) is 12.1. The summed E-state index contributed by atoms with van der Waals surface area (Å²) in [5.74, 6) is 0.573. The second kappa shape index (κ2) is 5.88. The first kappa shape index (κ1) is 14.7. The molecule has 0 saturated heterocycles. The van der Waals surface area contributed by atoms with Crippen LogP contribution in [0.1, 0.15) is 50.5 Å². The van der Waals surface area contributed by atoms with E-state index < -0.39 is 11.4 Å². The molecular formula is C17H21ClO3. The van der Waals surface area contributed by atoms with Crippen molar-refractivity contribution in [2.45, 2.75) is 50.4 Å². The van der Waals surface area contributed by atoms with Gasteiger partial charge in [0.15, 0.2) is 0 Å². The number of halogens is 1. The first-order valence-corrected chi connectivity index (χ1v) is 8.16. The van der Waals surface area contributed by atoms with Gasteiger partial charge in [-0.25, -0.2) is 0 Å². The second-order valence-electron chi connectivity index (χ2n) is 6.34. The maximum Gasteiger partial charge on any atom is 0.314 e. The molecule has 2 fully saturated rings. The Labute approximate surface area is 130 Å². The number of carbonyl (C=O) groups is 1. The summed E-state index contributed by atoms with van der Waals surface area (Å²) >= 11 is 6.11. The zero-order chi connectivity index (χ0) is 14.9. The monoisotopic (exact) mass is 308 g/mol. The van der Waals surface area contributed by atoms with E-state index in [9.17, 15) is 9.90 Å². The van der Waals surface area contributed by atoms with Crippen LogP contribution in [0.25, 0.3) is 0 Å². The molecule has 0 amide bonds. The molecule has 0 aliphatic heterocycles. The molecule has 0 spiro atoms. The van der Waals surface area contributed by atoms with Gasteiger partial charge in [0.05, 0.1) is 12.0 Å². The summed E-state index contributed by atoms with van der Waals surface area (Å²) in [5.41, 5.74) is -0.0563. The minimum atomic E-state index is -0.820. The number of rotatable bonds is 5. The predicted octanol–water partition coefficient (Wildman–Crippen LogP) is 4.42. The molecule has 1 aromatic carbocycles. The lowest BCUT2D eigenvalue weighted by Gasteiger charge is -2.29. The third kappa shape index (κ3) is 2.76. The fourth-order valence-corrected chi connectivity index (χ4v) is 3.62. The Kier molecular flexibility index (Phi) is 4.12. The number of aliphatic carboxylic acids is 1. The van der Waals surface area contributed by atoms with Gasteiger partial charge in [0, 0.05) is 10.6 Å². The minimum Gasteiger partial charge on any atom is -0.493 e. The molecule has 0 atom stereocenters. The lowest BCUT2D eigenvalue weighted by molar-refractivity contribution is -0.143. The summed E-state index contributed by atoms with van der Waals surface area (Å²) < 4.78 is 5.96. The second-order valence-corrected chi connectivity index (χ2v) is 6.78. The van der Waals surface area contributed by atoms with Crippen molar-refractivity contribution in [2.75, 3.05) is 6.61 Å². The lowest BCUT2D eigenvalue weighted by atomic mass is 9.78. The molecule has 2 aliphatic rings. The van der Waals surface area contributed by atoms with Crippen LogP contribution in [0, 0.1) is 5.92 Å². The highest BCUT2D eigenvalue weighted by atomic mass is 35.5. The molecular weight excluding hydrogens is 288 g/mol. The van der Waals surface area contributed by atoms with Crippen molar-refractivity contribution in [2.24, 2.45) is 5.92 Å². The van der Waals surface area contributed by atoms with E-state index in [1.165, 1.54) is 19.3 Å². The van der Waals surface area contributed by atoms with E-state index >= 15 is 0 Å². The minimum absolute atomic E-state index is 0.577. The Hall–Kier alpha value is -1.22. The van der Waals surface area contributed by atoms with E-state index in [4.69, 9.17) is 16.3 Å². The molecule has 2 aliphatic carbocycles. The van der Waals surface area contributed by atoms with Crippen molar-refractivity contribution < 1.29 is 14.6 Å². The molecule has 1 N–H and O–H groups in total. The normalized spacial score (nSPS) is 21.0. The van der Waals surface area contributed by atoms with Crippen molar-refractivity contribution in [3.63, 3.8) is 0 Å². The highest BCUT2D eigenvalue weighted by Crippen LogP contribution is 2.46. The summed E-state index contributed by atoms with van der Waals surface area (Å²) in [6, 6.07) is 5.40. The van der Waals surface area contributed by atoms with E-state index in [-0.39, 0.29) is 0 Å². The highest BCUT2D eigenvalue weighted by Gasteiger charge is 2.45. The van der Waals surface area contributed by atoms with E-state index in [1.807, 2.05) is 6.07 Å². The van der Waals surface area contributed by atoms with Crippen LogP contribution in [0.15, 0.2) is 18.2 Å². The van der Waals surface area contributed by atoms with Gasteiger partial charge in [-0.2, -0.15) is 0 Å².